The van der Waals surface area contributed by atoms with Crippen LogP contribution in [-0.4, -0.2) is 22.5 Å². The minimum atomic E-state index is -2.35. The molecule has 0 fully saturated rings. The zero-order valence-electron chi connectivity index (χ0n) is 6.82. The van der Waals surface area contributed by atoms with Gasteiger partial charge in [-0.2, -0.15) is 0 Å². The molecule has 1 atom stereocenters. The van der Waals surface area contributed by atoms with E-state index in [1.54, 1.807) is 18.3 Å². The van der Waals surface area contributed by atoms with Crippen molar-refractivity contribution < 1.29 is 4.21 Å². The number of aromatic nitrogens is 1. The Kier molecular flexibility index (Phi) is 2.69. The molecule has 0 bridgehead atoms. The molecule has 0 saturated heterocycles. The number of halogens is 1. The van der Waals surface area contributed by atoms with Gasteiger partial charge in [0.25, 0.3) is 0 Å². The van der Waals surface area contributed by atoms with Gasteiger partial charge in [-0.25, -0.2) is 13.6 Å². The molecule has 12 heavy (non-hydrogen) atoms. The molecule has 1 heterocycles. The van der Waals surface area contributed by atoms with Crippen LogP contribution in [-0.2, 0) is 9.73 Å². The molecule has 0 aliphatic carbocycles. The Morgan fingerprint density at radius 3 is 2.83 bits per heavy atom. The lowest BCUT2D eigenvalue weighted by atomic mass is 10.5. The second kappa shape index (κ2) is 3.41. The summed E-state index contributed by atoms with van der Waals surface area (Å²) in [4.78, 5) is 4.31. The van der Waals surface area contributed by atoms with Crippen molar-refractivity contribution in [3.8, 4) is 0 Å². The summed E-state index contributed by atoms with van der Waals surface area (Å²) in [5, 5.41) is 0.260. The van der Waals surface area contributed by atoms with Gasteiger partial charge in [-0.05, 0) is 12.1 Å². The monoisotopic (exact) mass is 204 g/mol. The fourth-order valence-electron chi connectivity index (χ4n) is 0.752. The first-order valence-electron chi connectivity index (χ1n) is 3.28. The van der Waals surface area contributed by atoms with Gasteiger partial charge in [0.05, 0.1) is 14.6 Å². The Morgan fingerprint density at radius 2 is 2.33 bits per heavy atom. The molecule has 0 radical (unpaired) electrons. The van der Waals surface area contributed by atoms with Crippen molar-refractivity contribution in [3.05, 3.63) is 23.5 Å². The van der Waals surface area contributed by atoms with E-state index in [0.29, 0.717) is 4.90 Å². The maximum Gasteiger partial charge on any atom is 0.145 e. The number of hydrogen-bond donors (Lipinski definition) is 0. The summed E-state index contributed by atoms with van der Waals surface area (Å²) in [6.07, 6.45) is 3.09. The van der Waals surface area contributed by atoms with Gasteiger partial charge < -0.3 is 0 Å². The molecule has 0 aliphatic rings. The van der Waals surface area contributed by atoms with Gasteiger partial charge in [-0.3, -0.25) is 0 Å². The fraction of sp³-hybridized carbons (Fsp3) is 0.286. The van der Waals surface area contributed by atoms with E-state index in [0.717, 1.165) is 0 Å². The van der Waals surface area contributed by atoms with Gasteiger partial charge in [0, 0.05) is 19.5 Å². The van der Waals surface area contributed by atoms with Crippen LogP contribution < -0.4 is 0 Å². The van der Waals surface area contributed by atoms with Gasteiger partial charge in [0.1, 0.15) is 5.15 Å². The van der Waals surface area contributed by atoms with Crippen molar-refractivity contribution >= 4 is 21.3 Å². The van der Waals surface area contributed by atoms with Crippen molar-refractivity contribution in [2.75, 3.05) is 13.3 Å². The third-order valence-electron chi connectivity index (χ3n) is 1.48. The summed E-state index contributed by atoms with van der Waals surface area (Å²) in [5.41, 5.74) is 0. The highest BCUT2D eigenvalue weighted by molar-refractivity contribution is 7.93. The van der Waals surface area contributed by atoms with Crippen LogP contribution in [0.1, 0.15) is 0 Å². The molecule has 1 rings (SSSR count). The molecular weight excluding hydrogens is 196 g/mol. The van der Waals surface area contributed by atoms with Crippen LogP contribution in [0.4, 0.5) is 0 Å². The summed E-state index contributed by atoms with van der Waals surface area (Å²) >= 11 is 5.74. The highest BCUT2D eigenvalue weighted by atomic mass is 35.5. The van der Waals surface area contributed by atoms with Gasteiger partial charge in [0.15, 0.2) is 0 Å². The molecule has 1 unspecified atom stereocenters. The van der Waals surface area contributed by atoms with E-state index in [1.807, 2.05) is 0 Å². The molecule has 5 heteroatoms. The third kappa shape index (κ3) is 1.76. The predicted octanol–water partition coefficient (Wildman–Crippen LogP) is 1.82. The Hall–Kier alpha value is -0.610. The quantitative estimate of drug-likeness (QED) is 0.655. The first kappa shape index (κ1) is 9.48. The van der Waals surface area contributed by atoms with Crippen molar-refractivity contribution in [2.45, 2.75) is 4.90 Å². The minimum Gasteiger partial charge on any atom is -0.245 e. The molecule has 0 spiro atoms. The molecule has 0 N–H and O–H groups in total. The third-order valence-corrected chi connectivity index (χ3v) is 3.74. The lowest BCUT2D eigenvalue weighted by Gasteiger charge is -2.03. The molecule has 0 aliphatic heterocycles. The van der Waals surface area contributed by atoms with E-state index >= 15 is 0 Å². The summed E-state index contributed by atoms with van der Waals surface area (Å²) < 4.78 is 15.4. The number of nitrogens with zero attached hydrogens (tertiary/aromatic N) is 2. The van der Waals surface area contributed by atoms with Crippen molar-refractivity contribution in [1.29, 1.82) is 0 Å². The second-order valence-corrected chi connectivity index (χ2v) is 5.05. The maximum atomic E-state index is 11.7. The Labute approximate surface area is 77.0 Å². The zero-order valence-corrected chi connectivity index (χ0v) is 8.39. The lowest BCUT2D eigenvalue weighted by Crippen LogP contribution is -1.98. The summed E-state index contributed by atoms with van der Waals surface area (Å²) in [6, 6.07) is 3.36. The molecular formula is C7H9ClN2OS. The number of hydrogen-bond acceptors (Lipinski definition) is 3. The summed E-state index contributed by atoms with van der Waals surface area (Å²) in [7, 11) is -0.843. The molecule has 1 aromatic rings. The van der Waals surface area contributed by atoms with E-state index in [9.17, 15) is 4.21 Å². The van der Waals surface area contributed by atoms with E-state index in [4.69, 9.17) is 11.6 Å². The van der Waals surface area contributed by atoms with Crippen LogP contribution in [0.25, 0.3) is 0 Å². The fourth-order valence-corrected chi connectivity index (χ4v) is 2.19. The van der Waals surface area contributed by atoms with Gasteiger partial charge in [0.2, 0.25) is 0 Å². The van der Waals surface area contributed by atoms with Crippen molar-refractivity contribution in [1.82, 2.24) is 4.98 Å². The molecule has 0 amide bonds. The lowest BCUT2D eigenvalue weighted by molar-refractivity contribution is 0.680. The molecule has 0 aromatic carbocycles. The van der Waals surface area contributed by atoms with Crippen LogP contribution in [0.2, 0.25) is 5.15 Å². The number of rotatable bonds is 1. The topological polar surface area (TPSA) is 42.3 Å². The van der Waals surface area contributed by atoms with Crippen LogP contribution in [0.5, 0.6) is 0 Å². The number of pyridine rings is 1. The Morgan fingerprint density at radius 1 is 1.67 bits per heavy atom. The van der Waals surface area contributed by atoms with E-state index in [1.165, 1.54) is 13.3 Å². The first-order chi connectivity index (χ1) is 5.58. The maximum absolute atomic E-state index is 11.7. The van der Waals surface area contributed by atoms with Crippen molar-refractivity contribution in [2.24, 2.45) is 4.36 Å². The molecule has 0 saturated carbocycles. The smallest absolute Gasteiger partial charge is 0.145 e. The highest BCUT2D eigenvalue weighted by Crippen LogP contribution is 2.18. The minimum absolute atomic E-state index is 0.260. The molecule has 66 valence electrons. The van der Waals surface area contributed by atoms with Crippen LogP contribution in [0.15, 0.2) is 27.6 Å². The van der Waals surface area contributed by atoms with Gasteiger partial charge in [-0.15, -0.1) is 0 Å². The zero-order chi connectivity index (χ0) is 9.19. The van der Waals surface area contributed by atoms with Crippen LogP contribution in [0, 0.1) is 0 Å². The Balaban J connectivity index is 3.40. The second-order valence-electron chi connectivity index (χ2n) is 2.28. The van der Waals surface area contributed by atoms with Crippen molar-refractivity contribution in [3.63, 3.8) is 0 Å². The first-order valence-corrected chi connectivity index (χ1v) is 5.59. The summed E-state index contributed by atoms with van der Waals surface area (Å²) in [5.74, 6) is 0. The van der Waals surface area contributed by atoms with Crippen LogP contribution >= 0.6 is 11.6 Å². The molecule has 1 aromatic heterocycles. The largest absolute Gasteiger partial charge is 0.245 e. The van der Waals surface area contributed by atoms with Crippen LogP contribution in [0.3, 0.4) is 0 Å². The van der Waals surface area contributed by atoms with Gasteiger partial charge in [-0.1, -0.05) is 11.6 Å². The van der Waals surface area contributed by atoms with Gasteiger partial charge >= 0.3 is 0 Å². The Bertz CT molecular complexity index is 396. The van der Waals surface area contributed by atoms with E-state index in [2.05, 4.69) is 9.35 Å². The summed E-state index contributed by atoms with van der Waals surface area (Å²) in [6.45, 7) is 0. The van der Waals surface area contributed by atoms with E-state index < -0.39 is 9.73 Å². The average Bonchev–Trinajstić information content (AvgIpc) is 2.05. The average molecular weight is 205 g/mol. The van der Waals surface area contributed by atoms with E-state index in [-0.39, 0.29) is 5.15 Å². The highest BCUT2D eigenvalue weighted by Gasteiger charge is 2.09. The predicted molar refractivity (Wildman–Crippen MR) is 49.9 cm³/mol. The SMILES string of the molecule is CN=S(C)(=O)c1cccnc1Cl. The molecule has 3 nitrogen and oxygen atoms in total. The normalized spacial score (nSPS) is 15.2. The standard InChI is InChI=1S/C7H9ClN2OS/c1-9-12(2,11)6-4-3-5-10-7(6)8/h3-5H,1-2H3.